The van der Waals surface area contributed by atoms with Gasteiger partial charge in [0.2, 0.25) is 5.88 Å². The number of hydrogen-bond acceptors (Lipinski definition) is 4. The van der Waals surface area contributed by atoms with Gasteiger partial charge in [0.05, 0.1) is 5.92 Å². The van der Waals surface area contributed by atoms with E-state index >= 15 is 0 Å². The number of nitriles is 1. The molecule has 4 heteroatoms. The molecule has 1 unspecified atom stereocenters. The Morgan fingerprint density at radius 1 is 1.22 bits per heavy atom. The van der Waals surface area contributed by atoms with Crippen LogP contribution in [0.25, 0.3) is 0 Å². The molecule has 0 saturated carbocycles. The second-order valence-electron chi connectivity index (χ2n) is 7.06. The lowest BCUT2D eigenvalue weighted by Crippen LogP contribution is -2.21. The average molecular weight is 308 g/mol. The third kappa shape index (κ3) is 2.53. The average Bonchev–Trinajstić information content (AvgIpc) is 2.86. The number of allylic oxidation sites excluding steroid dienone is 3. The van der Waals surface area contributed by atoms with Crippen LogP contribution in [0.2, 0.25) is 0 Å². The van der Waals surface area contributed by atoms with Gasteiger partial charge < -0.3 is 10.5 Å². The zero-order chi connectivity index (χ0) is 16.8. The Balaban J connectivity index is 2.09. The number of nitrogens with two attached hydrogens (primary N) is 1. The topological polar surface area (TPSA) is 76.1 Å². The number of hydrogen-bond donors (Lipinski definition) is 1. The van der Waals surface area contributed by atoms with Gasteiger partial charge in [-0.25, -0.2) is 0 Å². The molecule has 23 heavy (non-hydrogen) atoms. The Morgan fingerprint density at radius 3 is 2.43 bits per heavy atom. The van der Waals surface area contributed by atoms with Gasteiger partial charge in [0.1, 0.15) is 17.4 Å². The van der Waals surface area contributed by atoms with E-state index in [4.69, 9.17) is 10.5 Å². The number of nitrogens with zero attached hydrogens (tertiary/aromatic N) is 1. The lowest BCUT2D eigenvalue weighted by Gasteiger charge is -2.26. The van der Waals surface area contributed by atoms with Gasteiger partial charge in [-0.3, -0.25) is 4.79 Å². The van der Waals surface area contributed by atoms with Crippen molar-refractivity contribution in [2.24, 2.45) is 5.73 Å². The third-order valence-corrected chi connectivity index (χ3v) is 4.49. The first-order valence-electron chi connectivity index (χ1n) is 7.77. The van der Waals surface area contributed by atoms with Crippen LogP contribution in [-0.4, -0.2) is 5.78 Å². The van der Waals surface area contributed by atoms with Crippen molar-refractivity contribution in [1.82, 2.24) is 0 Å². The van der Waals surface area contributed by atoms with E-state index in [1.165, 1.54) is 5.56 Å². The van der Waals surface area contributed by atoms with Gasteiger partial charge in [0.15, 0.2) is 5.78 Å². The van der Waals surface area contributed by atoms with Crippen LogP contribution in [0, 0.1) is 11.3 Å². The molecule has 0 aromatic heterocycles. The predicted molar refractivity (Wildman–Crippen MR) is 87.1 cm³/mol. The first-order chi connectivity index (χ1) is 10.8. The maximum atomic E-state index is 12.3. The molecule has 4 nitrogen and oxygen atoms in total. The van der Waals surface area contributed by atoms with Gasteiger partial charge in [0, 0.05) is 18.4 Å². The maximum Gasteiger partial charge on any atom is 0.205 e. The van der Waals surface area contributed by atoms with Crippen LogP contribution in [0.5, 0.6) is 0 Å². The second-order valence-corrected chi connectivity index (χ2v) is 7.06. The molecule has 2 aliphatic rings. The van der Waals surface area contributed by atoms with Gasteiger partial charge in [-0.15, -0.1) is 0 Å². The van der Waals surface area contributed by atoms with Crippen LogP contribution in [-0.2, 0) is 14.9 Å². The Hall–Kier alpha value is -2.54. The van der Waals surface area contributed by atoms with Crippen molar-refractivity contribution in [2.45, 2.75) is 44.9 Å². The molecule has 1 aliphatic heterocycles. The summed E-state index contributed by atoms with van der Waals surface area (Å²) in [5, 5.41) is 9.48. The van der Waals surface area contributed by atoms with Crippen molar-refractivity contribution < 1.29 is 9.53 Å². The van der Waals surface area contributed by atoms with Crippen molar-refractivity contribution in [2.75, 3.05) is 0 Å². The molecule has 2 N–H and O–H groups in total. The fourth-order valence-corrected chi connectivity index (χ4v) is 3.18. The predicted octanol–water partition coefficient (Wildman–Crippen LogP) is 3.41. The fraction of sp³-hybridized carbons (Fsp3) is 0.368. The molecule has 1 aromatic carbocycles. The Morgan fingerprint density at radius 2 is 1.87 bits per heavy atom. The number of ketones is 1. The van der Waals surface area contributed by atoms with Crippen molar-refractivity contribution in [3.8, 4) is 6.07 Å². The maximum absolute atomic E-state index is 12.3. The van der Waals surface area contributed by atoms with E-state index in [1.807, 2.05) is 12.1 Å². The standard InChI is InChI=1S/C19H20N2O2/c1-19(2,3)12-6-4-11(5-7-12)16-13(10-20)18(21)23-15-9-8-14(22)17(15)16/h4-7,16H,8-9,21H2,1-3H3. The SMILES string of the molecule is CC(C)(C)c1ccc(C2C(C#N)=C(N)OC3=C2C(=O)CC3)cc1. The largest absolute Gasteiger partial charge is 0.444 e. The fourth-order valence-electron chi connectivity index (χ4n) is 3.18. The van der Waals surface area contributed by atoms with Crippen molar-refractivity contribution in [3.05, 3.63) is 58.2 Å². The summed E-state index contributed by atoms with van der Waals surface area (Å²) < 4.78 is 5.51. The smallest absolute Gasteiger partial charge is 0.205 e. The molecular formula is C19H20N2O2. The van der Waals surface area contributed by atoms with Gasteiger partial charge in [0.25, 0.3) is 0 Å². The molecule has 3 rings (SSSR count). The van der Waals surface area contributed by atoms with Gasteiger partial charge >= 0.3 is 0 Å². The number of carbonyl (C=O) groups excluding carboxylic acids is 1. The second kappa shape index (κ2) is 5.27. The van der Waals surface area contributed by atoms with Gasteiger partial charge in [-0.2, -0.15) is 5.26 Å². The van der Waals surface area contributed by atoms with Crippen LogP contribution >= 0.6 is 0 Å². The summed E-state index contributed by atoms with van der Waals surface area (Å²) in [6.07, 6.45) is 0.984. The molecule has 1 aromatic rings. The summed E-state index contributed by atoms with van der Waals surface area (Å²) in [5.74, 6) is 0.375. The summed E-state index contributed by atoms with van der Waals surface area (Å²) in [4.78, 5) is 12.3. The summed E-state index contributed by atoms with van der Waals surface area (Å²) in [6.45, 7) is 6.45. The summed E-state index contributed by atoms with van der Waals surface area (Å²) in [5.41, 5.74) is 8.99. The molecular weight excluding hydrogens is 288 g/mol. The van der Waals surface area contributed by atoms with E-state index in [2.05, 4.69) is 39.0 Å². The van der Waals surface area contributed by atoms with Crippen LogP contribution in [0.15, 0.2) is 47.1 Å². The van der Waals surface area contributed by atoms with Crippen molar-refractivity contribution in [1.29, 1.82) is 5.26 Å². The summed E-state index contributed by atoms with van der Waals surface area (Å²) in [6, 6.07) is 10.2. The molecule has 1 atom stereocenters. The highest BCUT2D eigenvalue weighted by Crippen LogP contribution is 2.44. The normalized spacial score (nSPS) is 21.1. The Labute approximate surface area is 136 Å². The van der Waals surface area contributed by atoms with Gasteiger partial charge in [-0.05, 0) is 16.5 Å². The van der Waals surface area contributed by atoms with Crippen molar-refractivity contribution in [3.63, 3.8) is 0 Å². The van der Waals surface area contributed by atoms with Crippen LogP contribution in [0.4, 0.5) is 0 Å². The number of benzene rings is 1. The molecule has 0 spiro atoms. The van der Waals surface area contributed by atoms with Gasteiger partial charge in [-0.1, -0.05) is 45.0 Å². The van der Waals surface area contributed by atoms with E-state index < -0.39 is 5.92 Å². The third-order valence-electron chi connectivity index (χ3n) is 4.49. The lowest BCUT2D eigenvalue weighted by molar-refractivity contribution is -0.115. The molecule has 0 fully saturated rings. The number of ether oxygens (including phenoxy) is 1. The highest BCUT2D eigenvalue weighted by molar-refractivity contribution is 6.01. The number of carbonyl (C=O) groups is 1. The number of Topliss-reactive ketones (excluding diaryl/α,β-unsaturated/α-hetero) is 1. The van der Waals surface area contributed by atoms with E-state index in [9.17, 15) is 10.1 Å². The Bertz CT molecular complexity index is 771. The number of rotatable bonds is 1. The monoisotopic (exact) mass is 308 g/mol. The molecule has 0 radical (unpaired) electrons. The summed E-state index contributed by atoms with van der Waals surface area (Å²) >= 11 is 0. The quantitative estimate of drug-likeness (QED) is 0.862. The van der Waals surface area contributed by atoms with E-state index in [0.717, 1.165) is 5.56 Å². The van der Waals surface area contributed by atoms with E-state index in [-0.39, 0.29) is 17.1 Å². The van der Waals surface area contributed by atoms with E-state index in [0.29, 0.717) is 29.7 Å². The minimum Gasteiger partial charge on any atom is -0.444 e. The molecule has 1 heterocycles. The molecule has 1 aliphatic carbocycles. The minimum absolute atomic E-state index is 0.0464. The van der Waals surface area contributed by atoms with Crippen LogP contribution in [0.1, 0.15) is 50.7 Å². The highest BCUT2D eigenvalue weighted by atomic mass is 16.5. The molecule has 118 valence electrons. The van der Waals surface area contributed by atoms with E-state index in [1.54, 1.807) is 0 Å². The minimum atomic E-state index is -0.409. The summed E-state index contributed by atoms with van der Waals surface area (Å²) in [7, 11) is 0. The van der Waals surface area contributed by atoms with Crippen LogP contribution in [0.3, 0.4) is 0 Å². The molecule has 0 bridgehead atoms. The lowest BCUT2D eigenvalue weighted by atomic mass is 9.80. The Kier molecular flexibility index (Phi) is 3.52. The zero-order valence-corrected chi connectivity index (χ0v) is 13.6. The molecule has 0 saturated heterocycles. The van der Waals surface area contributed by atoms with Crippen molar-refractivity contribution >= 4 is 5.78 Å². The first-order valence-corrected chi connectivity index (χ1v) is 7.77. The first kappa shape index (κ1) is 15.4. The highest BCUT2D eigenvalue weighted by Gasteiger charge is 2.39. The molecule has 0 amide bonds. The van der Waals surface area contributed by atoms with Crippen LogP contribution < -0.4 is 5.73 Å². The zero-order valence-electron chi connectivity index (χ0n) is 13.6.